The number of nitrogens with one attached hydrogen (secondary N) is 1. The molecule has 0 saturated carbocycles. The van der Waals surface area contributed by atoms with Crippen molar-refractivity contribution in [3.05, 3.63) is 94.5 Å². The van der Waals surface area contributed by atoms with Gasteiger partial charge in [-0.25, -0.2) is 4.98 Å². The van der Waals surface area contributed by atoms with E-state index in [-0.39, 0.29) is 12.1 Å². The number of benzene rings is 3. The van der Waals surface area contributed by atoms with E-state index in [9.17, 15) is 0 Å². The monoisotopic (exact) mass is 403 g/mol. The van der Waals surface area contributed by atoms with Gasteiger partial charge in [0.25, 0.3) is 0 Å². The van der Waals surface area contributed by atoms with Crippen LogP contribution >= 0.6 is 15.9 Å². The van der Waals surface area contributed by atoms with Crippen LogP contribution in [-0.2, 0) is 0 Å². The standard InChI is InChI=1S/C22H18BrN3/c23-17-10-6-9-16(13-17)21-14-19(15-7-2-1-3-8-15)25-22-24-18-11-4-5-12-20(18)26(21)22/h1-13,19,21H,14H2,(H,24,25)/t19-,21-/m1/s1. The Morgan fingerprint density at radius 2 is 1.65 bits per heavy atom. The molecule has 3 aromatic carbocycles. The first-order chi connectivity index (χ1) is 12.8. The Labute approximate surface area is 160 Å². The van der Waals surface area contributed by atoms with Crippen molar-refractivity contribution in [3.8, 4) is 0 Å². The molecule has 0 amide bonds. The number of hydrogen-bond donors (Lipinski definition) is 1. The van der Waals surface area contributed by atoms with E-state index in [2.05, 4.69) is 98.6 Å². The molecule has 4 heteroatoms. The van der Waals surface area contributed by atoms with Crippen LogP contribution in [0.2, 0.25) is 0 Å². The van der Waals surface area contributed by atoms with Crippen molar-refractivity contribution in [1.29, 1.82) is 0 Å². The molecule has 2 heterocycles. The lowest BCUT2D eigenvalue weighted by Gasteiger charge is -2.33. The predicted octanol–water partition coefficient (Wildman–Crippen LogP) is 5.95. The zero-order valence-electron chi connectivity index (χ0n) is 14.1. The fraction of sp³-hybridized carbons (Fsp3) is 0.136. The molecule has 0 bridgehead atoms. The van der Waals surface area contributed by atoms with Gasteiger partial charge in [-0.2, -0.15) is 0 Å². The molecule has 0 saturated heterocycles. The van der Waals surface area contributed by atoms with E-state index in [0.29, 0.717) is 0 Å². The molecule has 0 aliphatic carbocycles. The molecule has 1 aliphatic rings. The predicted molar refractivity (Wildman–Crippen MR) is 109 cm³/mol. The number of anilines is 1. The molecule has 5 rings (SSSR count). The third-order valence-electron chi connectivity index (χ3n) is 5.11. The van der Waals surface area contributed by atoms with E-state index < -0.39 is 0 Å². The summed E-state index contributed by atoms with van der Waals surface area (Å²) in [6, 6.07) is 28.1. The van der Waals surface area contributed by atoms with Gasteiger partial charge < -0.3 is 9.88 Å². The number of hydrogen-bond acceptors (Lipinski definition) is 2. The first kappa shape index (κ1) is 15.6. The second-order valence-electron chi connectivity index (χ2n) is 6.71. The SMILES string of the molecule is Brc1cccc([C@H]2C[C@H](c3ccccc3)Nc3nc4ccccc4n32)c1. The van der Waals surface area contributed by atoms with Crippen molar-refractivity contribution in [2.45, 2.75) is 18.5 Å². The summed E-state index contributed by atoms with van der Waals surface area (Å²) in [6.07, 6.45) is 0.980. The summed E-state index contributed by atoms with van der Waals surface area (Å²) in [5.74, 6) is 0.941. The van der Waals surface area contributed by atoms with Crippen LogP contribution in [0.15, 0.2) is 83.3 Å². The van der Waals surface area contributed by atoms with Gasteiger partial charge in [-0.3, -0.25) is 0 Å². The lowest BCUT2D eigenvalue weighted by atomic mass is 9.93. The lowest BCUT2D eigenvalue weighted by molar-refractivity contribution is 0.477. The van der Waals surface area contributed by atoms with Crippen molar-refractivity contribution in [2.75, 3.05) is 5.32 Å². The molecule has 3 nitrogen and oxygen atoms in total. The zero-order chi connectivity index (χ0) is 17.5. The van der Waals surface area contributed by atoms with Crippen LogP contribution in [0, 0.1) is 0 Å². The number of para-hydroxylation sites is 2. The number of fused-ring (bicyclic) bond motifs is 3. The molecule has 1 aliphatic heterocycles. The van der Waals surface area contributed by atoms with Crippen LogP contribution in [0.1, 0.15) is 29.6 Å². The maximum absolute atomic E-state index is 4.87. The minimum absolute atomic E-state index is 0.237. The van der Waals surface area contributed by atoms with E-state index in [1.807, 2.05) is 6.07 Å². The summed E-state index contributed by atoms with van der Waals surface area (Å²) in [5, 5.41) is 3.66. The van der Waals surface area contributed by atoms with E-state index >= 15 is 0 Å². The zero-order valence-corrected chi connectivity index (χ0v) is 15.7. The second-order valence-corrected chi connectivity index (χ2v) is 7.62. The molecular formula is C22H18BrN3. The maximum atomic E-state index is 4.87. The molecule has 1 aromatic heterocycles. The van der Waals surface area contributed by atoms with E-state index in [4.69, 9.17) is 4.98 Å². The maximum Gasteiger partial charge on any atom is 0.204 e. The van der Waals surface area contributed by atoms with Crippen LogP contribution in [0.5, 0.6) is 0 Å². The summed E-state index contributed by atoms with van der Waals surface area (Å²) in [5.41, 5.74) is 4.80. The van der Waals surface area contributed by atoms with Gasteiger partial charge in [0.15, 0.2) is 0 Å². The third-order valence-corrected chi connectivity index (χ3v) is 5.60. The number of halogens is 1. The first-order valence-corrected chi connectivity index (χ1v) is 9.63. The Bertz CT molecular complexity index is 1070. The molecular weight excluding hydrogens is 386 g/mol. The molecule has 0 radical (unpaired) electrons. The molecule has 0 fully saturated rings. The summed E-state index contributed by atoms with van der Waals surface area (Å²) < 4.78 is 3.45. The van der Waals surface area contributed by atoms with Crippen molar-refractivity contribution < 1.29 is 0 Å². The van der Waals surface area contributed by atoms with Gasteiger partial charge in [0.1, 0.15) is 0 Å². The molecule has 0 spiro atoms. The minimum atomic E-state index is 0.237. The van der Waals surface area contributed by atoms with Crippen LogP contribution in [-0.4, -0.2) is 9.55 Å². The Kier molecular flexibility index (Phi) is 3.79. The van der Waals surface area contributed by atoms with Crippen LogP contribution in [0.3, 0.4) is 0 Å². The van der Waals surface area contributed by atoms with E-state index in [0.717, 1.165) is 22.4 Å². The molecule has 1 N–H and O–H groups in total. The fourth-order valence-corrected chi connectivity index (χ4v) is 4.33. The first-order valence-electron chi connectivity index (χ1n) is 8.83. The number of aromatic nitrogens is 2. The molecule has 26 heavy (non-hydrogen) atoms. The highest BCUT2D eigenvalue weighted by Gasteiger charge is 2.30. The largest absolute Gasteiger partial charge is 0.349 e. The Morgan fingerprint density at radius 1 is 0.885 bits per heavy atom. The molecule has 4 aromatic rings. The summed E-state index contributed by atoms with van der Waals surface area (Å²) >= 11 is 3.63. The molecule has 128 valence electrons. The van der Waals surface area contributed by atoms with Gasteiger partial charge in [0.2, 0.25) is 5.95 Å². The summed E-state index contributed by atoms with van der Waals surface area (Å²) in [7, 11) is 0. The van der Waals surface area contributed by atoms with Gasteiger partial charge in [-0.05, 0) is 41.8 Å². The van der Waals surface area contributed by atoms with Crippen LogP contribution < -0.4 is 5.32 Å². The number of nitrogens with zero attached hydrogens (tertiary/aromatic N) is 2. The average Bonchev–Trinajstić information content (AvgIpc) is 3.06. The highest BCUT2D eigenvalue weighted by molar-refractivity contribution is 9.10. The van der Waals surface area contributed by atoms with Gasteiger partial charge in [-0.1, -0.05) is 70.5 Å². The number of rotatable bonds is 2. The van der Waals surface area contributed by atoms with Crippen molar-refractivity contribution in [1.82, 2.24) is 9.55 Å². The van der Waals surface area contributed by atoms with Crippen molar-refractivity contribution in [3.63, 3.8) is 0 Å². The Morgan fingerprint density at radius 3 is 2.50 bits per heavy atom. The summed E-state index contributed by atoms with van der Waals surface area (Å²) in [6.45, 7) is 0. The van der Waals surface area contributed by atoms with Gasteiger partial charge >= 0.3 is 0 Å². The average molecular weight is 404 g/mol. The number of imidazole rings is 1. The van der Waals surface area contributed by atoms with E-state index in [1.165, 1.54) is 16.6 Å². The summed E-state index contributed by atoms with van der Waals surface area (Å²) in [4.78, 5) is 4.87. The third kappa shape index (κ3) is 2.61. The topological polar surface area (TPSA) is 29.9 Å². The fourth-order valence-electron chi connectivity index (χ4n) is 3.91. The Balaban J connectivity index is 1.69. The smallest absolute Gasteiger partial charge is 0.204 e. The molecule has 0 unspecified atom stereocenters. The van der Waals surface area contributed by atoms with Crippen molar-refractivity contribution >= 4 is 32.9 Å². The molecule has 2 atom stereocenters. The Hall–Kier alpha value is -2.59. The highest BCUT2D eigenvalue weighted by Crippen LogP contribution is 2.41. The highest BCUT2D eigenvalue weighted by atomic mass is 79.9. The van der Waals surface area contributed by atoms with Gasteiger partial charge in [0, 0.05) is 4.47 Å². The second kappa shape index (κ2) is 6.29. The van der Waals surface area contributed by atoms with Crippen molar-refractivity contribution in [2.24, 2.45) is 0 Å². The van der Waals surface area contributed by atoms with Gasteiger partial charge in [-0.15, -0.1) is 0 Å². The van der Waals surface area contributed by atoms with E-state index in [1.54, 1.807) is 0 Å². The normalized spacial score (nSPS) is 19.1. The lowest BCUT2D eigenvalue weighted by Crippen LogP contribution is -2.27. The van der Waals surface area contributed by atoms with Crippen LogP contribution in [0.25, 0.3) is 11.0 Å². The quantitative estimate of drug-likeness (QED) is 0.448. The van der Waals surface area contributed by atoms with Crippen LogP contribution in [0.4, 0.5) is 5.95 Å². The van der Waals surface area contributed by atoms with Gasteiger partial charge in [0.05, 0.1) is 23.1 Å². The minimum Gasteiger partial charge on any atom is -0.349 e.